The Hall–Kier alpha value is -3.61. The van der Waals surface area contributed by atoms with Crippen molar-refractivity contribution in [3.63, 3.8) is 0 Å². The second-order valence-corrected chi connectivity index (χ2v) is 7.81. The summed E-state index contributed by atoms with van der Waals surface area (Å²) >= 11 is 0. The molecule has 3 rings (SSSR count). The van der Waals surface area contributed by atoms with E-state index >= 15 is 0 Å². The van der Waals surface area contributed by atoms with Crippen LogP contribution in [0, 0.1) is 0 Å². The highest BCUT2D eigenvalue weighted by atomic mass is 16.4. The van der Waals surface area contributed by atoms with E-state index in [0.29, 0.717) is 16.6 Å². The van der Waals surface area contributed by atoms with Gasteiger partial charge in [0.15, 0.2) is 0 Å². The van der Waals surface area contributed by atoms with Gasteiger partial charge in [0.2, 0.25) is 5.43 Å². The predicted molar refractivity (Wildman–Crippen MR) is 113 cm³/mol. The fourth-order valence-electron chi connectivity index (χ4n) is 3.25. The number of carboxylic acid groups (broad SMARTS) is 1. The zero-order valence-electron chi connectivity index (χ0n) is 16.5. The first-order chi connectivity index (χ1) is 13.7. The lowest BCUT2D eigenvalue weighted by molar-refractivity contribution is 0.102. The van der Waals surface area contributed by atoms with Gasteiger partial charge in [-0.05, 0) is 40.8 Å². The lowest BCUT2D eigenvalue weighted by Crippen LogP contribution is -2.24. The van der Waals surface area contributed by atoms with Gasteiger partial charge in [0.1, 0.15) is 5.56 Å². The summed E-state index contributed by atoms with van der Waals surface area (Å²) in [6.45, 7) is 6.20. The number of para-hydroxylation sites is 1. The summed E-state index contributed by atoms with van der Waals surface area (Å²) in [6.07, 6.45) is 0.276. The Balaban J connectivity index is 1.92. The van der Waals surface area contributed by atoms with Gasteiger partial charge in [-0.25, -0.2) is 4.79 Å². The number of H-pyrrole nitrogens is 1. The Kier molecular flexibility index (Phi) is 5.41. The van der Waals surface area contributed by atoms with Crippen LogP contribution in [-0.2, 0) is 12.0 Å². The number of benzene rings is 2. The van der Waals surface area contributed by atoms with E-state index in [1.54, 1.807) is 30.3 Å². The molecule has 0 bridgehead atoms. The Morgan fingerprint density at radius 1 is 1.10 bits per heavy atom. The van der Waals surface area contributed by atoms with Gasteiger partial charge in [0, 0.05) is 29.3 Å². The first-order valence-electron chi connectivity index (χ1n) is 9.19. The lowest BCUT2D eigenvalue weighted by Gasteiger charge is -2.23. The van der Waals surface area contributed by atoms with E-state index in [9.17, 15) is 14.4 Å². The quantitative estimate of drug-likeness (QED) is 0.539. The SMILES string of the molecule is CC(C)(C)c1ccc(NC(=O)c2c[nH]c3ccccc3c2=O)cc1CNC(=O)O. The molecular formula is C22H23N3O4. The summed E-state index contributed by atoms with van der Waals surface area (Å²) < 4.78 is 0. The molecule has 29 heavy (non-hydrogen) atoms. The van der Waals surface area contributed by atoms with Gasteiger partial charge in [-0.2, -0.15) is 0 Å². The molecule has 0 atom stereocenters. The molecule has 1 heterocycles. The normalized spacial score (nSPS) is 11.3. The van der Waals surface area contributed by atoms with Crippen LogP contribution in [0.25, 0.3) is 10.9 Å². The molecule has 3 aromatic rings. The number of carbonyl (C=O) groups is 2. The van der Waals surface area contributed by atoms with E-state index in [4.69, 9.17) is 5.11 Å². The van der Waals surface area contributed by atoms with Crippen molar-refractivity contribution in [1.82, 2.24) is 10.3 Å². The number of anilines is 1. The summed E-state index contributed by atoms with van der Waals surface area (Å²) in [5, 5.41) is 14.5. The summed E-state index contributed by atoms with van der Waals surface area (Å²) in [6, 6.07) is 12.3. The number of aromatic amines is 1. The molecule has 0 aliphatic heterocycles. The van der Waals surface area contributed by atoms with Crippen LogP contribution < -0.4 is 16.1 Å². The van der Waals surface area contributed by atoms with Crippen LogP contribution in [0.3, 0.4) is 0 Å². The largest absolute Gasteiger partial charge is 0.465 e. The van der Waals surface area contributed by atoms with Gasteiger partial charge in [-0.15, -0.1) is 0 Å². The summed E-state index contributed by atoms with van der Waals surface area (Å²) in [5.74, 6) is -0.530. The lowest BCUT2D eigenvalue weighted by atomic mass is 9.83. The Morgan fingerprint density at radius 3 is 2.52 bits per heavy atom. The Bertz CT molecular complexity index is 1140. The zero-order chi connectivity index (χ0) is 21.2. The third kappa shape index (κ3) is 4.45. The van der Waals surface area contributed by atoms with Crippen LogP contribution >= 0.6 is 0 Å². The van der Waals surface area contributed by atoms with E-state index in [1.807, 2.05) is 32.9 Å². The molecule has 0 spiro atoms. The molecule has 1 aromatic heterocycles. The van der Waals surface area contributed by atoms with Gasteiger partial charge in [-0.1, -0.05) is 39.0 Å². The number of amides is 2. The molecule has 0 saturated heterocycles. The predicted octanol–water partition coefficient (Wildman–Crippen LogP) is 3.85. The third-order valence-corrected chi connectivity index (χ3v) is 4.63. The average molecular weight is 393 g/mol. The van der Waals surface area contributed by atoms with Crippen molar-refractivity contribution in [2.75, 3.05) is 5.32 Å². The summed E-state index contributed by atoms with van der Waals surface area (Å²) in [5.41, 5.74) is 2.32. The molecule has 0 fully saturated rings. The minimum atomic E-state index is -1.12. The maximum Gasteiger partial charge on any atom is 0.404 e. The van der Waals surface area contributed by atoms with E-state index in [2.05, 4.69) is 15.6 Å². The summed E-state index contributed by atoms with van der Waals surface area (Å²) in [7, 11) is 0. The Labute approximate surface area is 167 Å². The highest BCUT2D eigenvalue weighted by Crippen LogP contribution is 2.28. The van der Waals surface area contributed by atoms with Crippen molar-refractivity contribution >= 4 is 28.6 Å². The average Bonchev–Trinajstić information content (AvgIpc) is 2.66. The fraction of sp³-hybridized carbons (Fsp3) is 0.227. The fourth-order valence-corrected chi connectivity index (χ4v) is 3.25. The first-order valence-corrected chi connectivity index (χ1v) is 9.19. The molecule has 2 aromatic carbocycles. The molecule has 2 amide bonds. The van der Waals surface area contributed by atoms with E-state index < -0.39 is 12.0 Å². The third-order valence-electron chi connectivity index (χ3n) is 4.63. The van der Waals surface area contributed by atoms with Gasteiger partial charge in [0.05, 0.1) is 0 Å². The molecule has 4 N–H and O–H groups in total. The number of carbonyl (C=O) groups excluding carboxylic acids is 1. The van der Waals surface area contributed by atoms with Gasteiger partial charge in [-0.3, -0.25) is 9.59 Å². The summed E-state index contributed by atoms with van der Waals surface area (Å²) in [4.78, 5) is 39.2. The van der Waals surface area contributed by atoms with Crippen molar-refractivity contribution in [3.8, 4) is 0 Å². The monoisotopic (exact) mass is 393 g/mol. The number of aromatic nitrogens is 1. The van der Waals surface area contributed by atoms with Gasteiger partial charge < -0.3 is 20.7 Å². The second-order valence-electron chi connectivity index (χ2n) is 7.81. The number of hydrogen-bond acceptors (Lipinski definition) is 3. The molecule has 150 valence electrons. The first kappa shape index (κ1) is 20.1. The van der Waals surface area contributed by atoms with Crippen molar-refractivity contribution < 1.29 is 14.7 Å². The van der Waals surface area contributed by atoms with Crippen LogP contribution in [0.5, 0.6) is 0 Å². The van der Waals surface area contributed by atoms with Crippen LogP contribution in [0.4, 0.5) is 10.5 Å². The standard InChI is InChI=1S/C22H23N3O4/c1-22(2,3)17-9-8-14(10-13(17)11-24-21(28)29)25-20(27)16-12-23-18-7-5-4-6-15(18)19(16)26/h4-10,12,24H,11H2,1-3H3,(H,23,26)(H,25,27)(H,28,29). The van der Waals surface area contributed by atoms with E-state index in [-0.39, 0.29) is 23.0 Å². The zero-order valence-corrected chi connectivity index (χ0v) is 16.5. The van der Waals surface area contributed by atoms with E-state index in [0.717, 1.165) is 11.1 Å². The minimum Gasteiger partial charge on any atom is -0.465 e. The molecule has 0 saturated carbocycles. The number of hydrogen-bond donors (Lipinski definition) is 4. The molecule has 0 unspecified atom stereocenters. The maximum atomic E-state index is 12.7. The molecule has 0 aliphatic rings. The molecule has 0 aliphatic carbocycles. The smallest absolute Gasteiger partial charge is 0.404 e. The number of nitrogens with one attached hydrogen (secondary N) is 3. The molecule has 0 radical (unpaired) electrons. The van der Waals surface area contributed by atoms with Crippen molar-refractivity contribution in [3.05, 3.63) is 75.6 Å². The highest BCUT2D eigenvalue weighted by Gasteiger charge is 2.20. The number of fused-ring (bicyclic) bond motifs is 1. The number of rotatable bonds is 4. The van der Waals surface area contributed by atoms with Crippen LogP contribution in [0.15, 0.2) is 53.5 Å². The molecular weight excluding hydrogens is 370 g/mol. The maximum absolute atomic E-state index is 12.7. The van der Waals surface area contributed by atoms with Gasteiger partial charge >= 0.3 is 6.09 Å². The Morgan fingerprint density at radius 2 is 1.83 bits per heavy atom. The topological polar surface area (TPSA) is 111 Å². The van der Waals surface area contributed by atoms with Crippen molar-refractivity contribution in [2.45, 2.75) is 32.7 Å². The van der Waals surface area contributed by atoms with Crippen molar-refractivity contribution in [1.29, 1.82) is 0 Å². The van der Waals surface area contributed by atoms with Crippen LogP contribution in [-0.4, -0.2) is 22.1 Å². The highest BCUT2D eigenvalue weighted by molar-refractivity contribution is 6.05. The van der Waals surface area contributed by atoms with Crippen LogP contribution in [0.2, 0.25) is 0 Å². The minimum absolute atomic E-state index is 0.00816. The van der Waals surface area contributed by atoms with Crippen molar-refractivity contribution in [2.24, 2.45) is 0 Å². The molecule has 7 heteroatoms. The van der Waals surface area contributed by atoms with Crippen LogP contribution in [0.1, 0.15) is 42.3 Å². The van der Waals surface area contributed by atoms with E-state index in [1.165, 1.54) is 6.20 Å². The second kappa shape index (κ2) is 7.79. The molecule has 7 nitrogen and oxygen atoms in total. The number of pyridine rings is 1. The van der Waals surface area contributed by atoms with Gasteiger partial charge in [0.25, 0.3) is 5.91 Å².